The zero-order valence-corrected chi connectivity index (χ0v) is 20.9. The third-order valence-electron chi connectivity index (χ3n) is 6.92. The fourth-order valence-electron chi connectivity index (χ4n) is 4.99. The van der Waals surface area contributed by atoms with Gasteiger partial charge in [-0.15, -0.1) is 0 Å². The van der Waals surface area contributed by atoms with Gasteiger partial charge in [0.1, 0.15) is 0 Å². The van der Waals surface area contributed by atoms with E-state index in [9.17, 15) is 9.90 Å². The molecule has 1 heterocycles. The van der Waals surface area contributed by atoms with Crippen molar-refractivity contribution in [3.05, 3.63) is 144 Å². The van der Waals surface area contributed by atoms with Gasteiger partial charge < -0.3 is 10.0 Å². The number of hydrazine groups is 1. The molecule has 5 heteroatoms. The van der Waals surface area contributed by atoms with E-state index in [-0.39, 0.29) is 12.1 Å². The van der Waals surface area contributed by atoms with Gasteiger partial charge in [-0.3, -0.25) is 5.01 Å². The monoisotopic (exact) mass is 491 g/mol. The predicted octanol–water partition coefficient (Wildman–Crippen LogP) is 5.51. The summed E-state index contributed by atoms with van der Waals surface area (Å²) in [4.78, 5) is 16.3. The Labute approximate surface area is 219 Å². The van der Waals surface area contributed by atoms with Crippen LogP contribution in [0.5, 0.6) is 0 Å². The normalized spacial score (nSPS) is 18.6. The molecular formula is C32H33N3O2. The molecule has 188 valence electrons. The number of hydrogen-bond acceptors (Lipinski definition) is 3. The number of carbonyl (C=O) groups excluding carboxylic acids is 1. The number of urea groups is 1. The van der Waals surface area contributed by atoms with E-state index in [2.05, 4.69) is 24.3 Å². The highest BCUT2D eigenvalue weighted by Crippen LogP contribution is 2.26. The minimum Gasteiger partial charge on any atom is -0.390 e. The minimum absolute atomic E-state index is 0.0962. The average Bonchev–Trinajstić information content (AvgIpc) is 3.02. The predicted molar refractivity (Wildman–Crippen MR) is 146 cm³/mol. The molecule has 0 radical (unpaired) electrons. The second kappa shape index (κ2) is 11.9. The van der Waals surface area contributed by atoms with Gasteiger partial charge in [-0.2, -0.15) is 0 Å². The Hall–Kier alpha value is -3.93. The quantitative estimate of drug-likeness (QED) is 0.353. The van der Waals surface area contributed by atoms with E-state index in [1.165, 1.54) is 0 Å². The van der Waals surface area contributed by atoms with Crippen molar-refractivity contribution in [1.82, 2.24) is 14.9 Å². The van der Waals surface area contributed by atoms with Gasteiger partial charge in [-0.1, -0.05) is 121 Å². The van der Waals surface area contributed by atoms with Crippen molar-refractivity contribution < 1.29 is 9.90 Å². The highest BCUT2D eigenvalue weighted by molar-refractivity contribution is 5.75. The Balaban J connectivity index is 1.53. The van der Waals surface area contributed by atoms with Crippen molar-refractivity contribution >= 4 is 6.03 Å². The summed E-state index contributed by atoms with van der Waals surface area (Å²) in [6.45, 7) is 1.76. The van der Waals surface area contributed by atoms with Crippen LogP contribution in [0.4, 0.5) is 4.79 Å². The number of amides is 2. The standard InChI is InChI=1S/C32H33N3O2/c36-31-25-33(22-27-15-7-2-8-16-27)35(24-29-19-11-4-12-20-29)32(37)34(23-28-17-9-3-10-18-28)30(31)21-26-13-5-1-6-14-26/h1-20,30-31,36H,21-25H2/t30-,31-/m0/s1. The molecule has 1 saturated heterocycles. The molecule has 5 rings (SSSR count). The van der Waals surface area contributed by atoms with E-state index < -0.39 is 6.10 Å². The first-order chi connectivity index (χ1) is 18.2. The Kier molecular flexibility index (Phi) is 7.94. The van der Waals surface area contributed by atoms with Crippen LogP contribution in [0.2, 0.25) is 0 Å². The largest absolute Gasteiger partial charge is 0.390 e. The molecule has 1 aliphatic rings. The van der Waals surface area contributed by atoms with Gasteiger partial charge in [-0.05, 0) is 28.7 Å². The first-order valence-electron chi connectivity index (χ1n) is 12.8. The van der Waals surface area contributed by atoms with Crippen LogP contribution < -0.4 is 0 Å². The highest BCUT2D eigenvalue weighted by Gasteiger charge is 2.40. The second-order valence-corrected chi connectivity index (χ2v) is 9.60. The molecule has 0 unspecified atom stereocenters. The smallest absolute Gasteiger partial charge is 0.335 e. The molecule has 5 nitrogen and oxygen atoms in total. The molecular weight excluding hydrogens is 458 g/mol. The summed E-state index contributed by atoms with van der Waals surface area (Å²) < 4.78 is 0. The summed E-state index contributed by atoms with van der Waals surface area (Å²) in [7, 11) is 0. The summed E-state index contributed by atoms with van der Waals surface area (Å²) in [6, 6.07) is 39.9. The summed E-state index contributed by atoms with van der Waals surface area (Å²) in [5.74, 6) is 0. The number of rotatable bonds is 8. The van der Waals surface area contributed by atoms with Gasteiger partial charge in [0.15, 0.2) is 0 Å². The van der Waals surface area contributed by atoms with Crippen molar-refractivity contribution in [3.8, 4) is 0 Å². The lowest BCUT2D eigenvalue weighted by Gasteiger charge is -2.36. The van der Waals surface area contributed by atoms with E-state index in [1.54, 1.807) is 0 Å². The molecule has 0 aliphatic carbocycles. The zero-order chi connectivity index (χ0) is 25.5. The van der Waals surface area contributed by atoms with Crippen molar-refractivity contribution in [2.24, 2.45) is 0 Å². The first-order valence-corrected chi connectivity index (χ1v) is 12.8. The molecule has 1 N–H and O–H groups in total. The molecule has 2 atom stereocenters. The topological polar surface area (TPSA) is 47.0 Å². The average molecular weight is 492 g/mol. The number of carbonyl (C=O) groups is 1. The third kappa shape index (κ3) is 6.26. The SMILES string of the molecule is O=C1N(Cc2ccccc2)[C@@H](Cc2ccccc2)[C@@H](O)CN(Cc2ccccc2)N1Cc1ccccc1. The summed E-state index contributed by atoms with van der Waals surface area (Å²) >= 11 is 0. The van der Waals surface area contributed by atoms with E-state index in [0.717, 1.165) is 22.3 Å². The maximum atomic E-state index is 14.4. The van der Waals surface area contributed by atoms with E-state index in [1.807, 2.05) is 112 Å². The number of aliphatic hydroxyl groups excluding tert-OH is 1. The van der Waals surface area contributed by atoms with Gasteiger partial charge in [0.25, 0.3) is 0 Å². The van der Waals surface area contributed by atoms with E-state index >= 15 is 0 Å². The Morgan fingerprint density at radius 2 is 1.03 bits per heavy atom. The van der Waals surface area contributed by atoms with E-state index in [4.69, 9.17) is 0 Å². The summed E-state index contributed by atoms with van der Waals surface area (Å²) in [6.07, 6.45) is -0.142. The fraction of sp³-hybridized carbons (Fsp3) is 0.219. The Morgan fingerprint density at radius 1 is 0.595 bits per heavy atom. The summed E-state index contributed by atoms with van der Waals surface area (Å²) in [5, 5.41) is 15.5. The van der Waals surface area contributed by atoms with Gasteiger partial charge in [0.2, 0.25) is 0 Å². The van der Waals surface area contributed by atoms with Crippen LogP contribution >= 0.6 is 0 Å². The lowest BCUT2D eigenvalue weighted by molar-refractivity contribution is -0.0213. The highest BCUT2D eigenvalue weighted by atomic mass is 16.3. The number of aliphatic hydroxyl groups is 1. The van der Waals surface area contributed by atoms with Crippen molar-refractivity contribution in [2.45, 2.75) is 38.2 Å². The van der Waals surface area contributed by atoms with Crippen molar-refractivity contribution in [2.75, 3.05) is 6.54 Å². The molecule has 0 saturated carbocycles. The first kappa shape index (κ1) is 24.8. The maximum absolute atomic E-state index is 14.4. The van der Waals surface area contributed by atoms with Crippen LogP contribution in [0, 0.1) is 0 Å². The van der Waals surface area contributed by atoms with Gasteiger partial charge in [-0.25, -0.2) is 9.80 Å². The lowest BCUT2D eigenvalue weighted by Crippen LogP contribution is -2.51. The van der Waals surface area contributed by atoms with Crippen LogP contribution in [-0.2, 0) is 26.1 Å². The molecule has 0 spiro atoms. The van der Waals surface area contributed by atoms with Crippen molar-refractivity contribution in [1.29, 1.82) is 0 Å². The molecule has 4 aromatic carbocycles. The Bertz CT molecular complexity index is 1250. The molecule has 0 aromatic heterocycles. The molecule has 2 amide bonds. The fourth-order valence-corrected chi connectivity index (χ4v) is 4.99. The van der Waals surface area contributed by atoms with Crippen molar-refractivity contribution in [3.63, 3.8) is 0 Å². The molecule has 1 fully saturated rings. The van der Waals surface area contributed by atoms with Crippen LogP contribution in [0.3, 0.4) is 0 Å². The van der Waals surface area contributed by atoms with Crippen LogP contribution in [0.25, 0.3) is 0 Å². The zero-order valence-electron chi connectivity index (χ0n) is 20.9. The van der Waals surface area contributed by atoms with Crippen LogP contribution in [-0.4, -0.2) is 44.7 Å². The number of β-amino-alcohol motifs (C(OH)–C–C–N with tert-alkyl or cyclic N) is 1. The summed E-state index contributed by atoms with van der Waals surface area (Å²) in [5.41, 5.74) is 4.28. The van der Waals surface area contributed by atoms with Crippen LogP contribution in [0.1, 0.15) is 22.3 Å². The number of hydrogen-bond donors (Lipinski definition) is 1. The molecule has 0 bridgehead atoms. The van der Waals surface area contributed by atoms with Crippen LogP contribution in [0.15, 0.2) is 121 Å². The number of benzene rings is 4. The van der Waals surface area contributed by atoms with Gasteiger partial charge in [0.05, 0.1) is 18.7 Å². The molecule has 1 aliphatic heterocycles. The van der Waals surface area contributed by atoms with Gasteiger partial charge >= 0.3 is 6.03 Å². The minimum atomic E-state index is -0.725. The van der Waals surface area contributed by atoms with E-state index in [0.29, 0.717) is 32.6 Å². The Morgan fingerprint density at radius 3 is 1.54 bits per heavy atom. The van der Waals surface area contributed by atoms with Gasteiger partial charge in [0, 0.05) is 19.6 Å². The number of nitrogens with zero attached hydrogens (tertiary/aromatic N) is 3. The second-order valence-electron chi connectivity index (χ2n) is 9.60. The molecule has 4 aromatic rings. The lowest BCUT2D eigenvalue weighted by atomic mass is 9.99. The third-order valence-corrected chi connectivity index (χ3v) is 6.92. The maximum Gasteiger partial charge on any atom is 0.335 e. The molecule has 37 heavy (non-hydrogen) atoms.